The van der Waals surface area contributed by atoms with Crippen molar-refractivity contribution in [2.45, 2.75) is 59.5 Å². The Morgan fingerprint density at radius 3 is 2.14 bits per heavy atom. The van der Waals surface area contributed by atoms with E-state index < -0.39 is 6.61 Å². The molecule has 0 bridgehead atoms. The number of aromatic nitrogens is 2. The van der Waals surface area contributed by atoms with Crippen LogP contribution in [0.5, 0.6) is 11.5 Å². The van der Waals surface area contributed by atoms with Crippen molar-refractivity contribution in [2.75, 3.05) is 7.11 Å². The summed E-state index contributed by atoms with van der Waals surface area (Å²) in [5.74, 6) is 1.90. The minimum absolute atomic E-state index is 0.154. The molecule has 5 aromatic rings. The summed E-state index contributed by atoms with van der Waals surface area (Å²) in [4.78, 5) is 7.68. The van der Waals surface area contributed by atoms with Gasteiger partial charge in [0.2, 0.25) is 0 Å². The van der Waals surface area contributed by atoms with Crippen LogP contribution >= 0.6 is 0 Å². The SMILES string of the molecule is CCCCn1c(-c2ccccc2)nc(-c2ccc(OC)cc2)c1CN(Cc1ccc(OC(F)F)cc1)Cc1cccc(C)c1. The Hall–Kier alpha value is -4.49. The largest absolute Gasteiger partial charge is 0.497 e. The van der Waals surface area contributed by atoms with E-state index in [1.54, 1.807) is 19.2 Å². The second kappa shape index (κ2) is 14.8. The monoisotopic (exact) mass is 595 g/mol. The maximum atomic E-state index is 12.8. The Balaban J connectivity index is 1.59. The van der Waals surface area contributed by atoms with Gasteiger partial charge in [-0.1, -0.05) is 85.6 Å². The van der Waals surface area contributed by atoms with Crippen molar-refractivity contribution in [1.82, 2.24) is 14.5 Å². The highest BCUT2D eigenvalue weighted by Gasteiger charge is 2.22. The third kappa shape index (κ3) is 7.91. The second-order valence-electron chi connectivity index (χ2n) is 11.0. The van der Waals surface area contributed by atoms with Gasteiger partial charge in [0.25, 0.3) is 0 Å². The lowest BCUT2D eigenvalue weighted by molar-refractivity contribution is -0.0498. The molecule has 0 atom stereocenters. The van der Waals surface area contributed by atoms with Gasteiger partial charge in [0.15, 0.2) is 0 Å². The standard InChI is InChI=1S/C37H39F2N3O2/c1-4-5-22-42-34(35(30-16-20-32(43-3)21-17-30)40-36(42)31-12-7-6-8-13-31)26-41(25-29-11-9-10-27(2)23-29)24-28-14-18-33(19-15-28)44-37(38)39/h6-21,23,37H,4-5,22,24-26H2,1-3H3. The van der Waals surface area contributed by atoms with Crippen LogP contribution in [0.15, 0.2) is 103 Å². The molecule has 0 aliphatic heterocycles. The van der Waals surface area contributed by atoms with Gasteiger partial charge in [-0.3, -0.25) is 4.90 Å². The molecular formula is C37H39F2N3O2. The van der Waals surface area contributed by atoms with Crippen LogP contribution in [-0.4, -0.2) is 28.2 Å². The molecule has 5 nitrogen and oxygen atoms in total. The van der Waals surface area contributed by atoms with Crippen molar-refractivity contribution in [3.63, 3.8) is 0 Å². The summed E-state index contributed by atoms with van der Waals surface area (Å²) < 4.78 is 38.0. The van der Waals surface area contributed by atoms with Crippen molar-refractivity contribution < 1.29 is 18.3 Å². The van der Waals surface area contributed by atoms with Gasteiger partial charge >= 0.3 is 6.61 Å². The first-order valence-electron chi connectivity index (χ1n) is 15.0. The van der Waals surface area contributed by atoms with Gasteiger partial charge in [0, 0.05) is 37.3 Å². The zero-order valence-electron chi connectivity index (χ0n) is 25.5. The fraction of sp³-hybridized carbons (Fsp3) is 0.270. The maximum Gasteiger partial charge on any atom is 0.387 e. The number of benzene rings is 4. The third-order valence-electron chi connectivity index (χ3n) is 7.62. The van der Waals surface area contributed by atoms with E-state index in [1.807, 2.05) is 42.5 Å². The molecular weight excluding hydrogens is 556 g/mol. The Morgan fingerprint density at radius 1 is 0.773 bits per heavy atom. The molecule has 1 aromatic heterocycles. The number of nitrogens with zero attached hydrogens (tertiary/aromatic N) is 3. The predicted octanol–water partition coefficient (Wildman–Crippen LogP) is 9.14. The molecule has 0 unspecified atom stereocenters. The molecule has 0 saturated carbocycles. The minimum atomic E-state index is -2.85. The summed E-state index contributed by atoms with van der Waals surface area (Å²) in [5.41, 5.74) is 7.59. The first kappa shape index (κ1) is 31.0. The first-order chi connectivity index (χ1) is 21.4. The molecule has 5 rings (SSSR count). The molecule has 228 valence electrons. The molecule has 0 N–H and O–H groups in total. The van der Waals surface area contributed by atoms with Crippen LogP contribution in [0.2, 0.25) is 0 Å². The number of alkyl halides is 2. The highest BCUT2D eigenvalue weighted by molar-refractivity contribution is 5.69. The molecule has 4 aromatic carbocycles. The summed E-state index contributed by atoms with van der Waals surface area (Å²) >= 11 is 0. The van der Waals surface area contributed by atoms with E-state index in [-0.39, 0.29) is 5.75 Å². The van der Waals surface area contributed by atoms with E-state index in [0.29, 0.717) is 19.6 Å². The van der Waals surface area contributed by atoms with E-state index in [1.165, 1.54) is 11.1 Å². The molecule has 7 heteroatoms. The van der Waals surface area contributed by atoms with Crippen LogP contribution in [0.25, 0.3) is 22.6 Å². The van der Waals surface area contributed by atoms with E-state index in [2.05, 4.69) is 76.6 Å². The van der Waals surface area contributed by atoms with E-state index in [0.717, 1.165) is 59.0 Å². The molecule has 1 heterocycles. The van der Waals surface area contributed by atoms with E-state index in [9.17, 15) is 8.78 Å². The molecule has 0 aliphatic carbocycles. The van der Waals surface area contributed by atoms with Crippen LogP contribution in [0.4, 0.5) is 8.78 Å². The summed E-state index contributed by atoms with van der Waals surface area (Å²) in [5, 5.41) is 0. The van der Waals surface area contributed by atoms with Gasteiger partial charge in [-0.15, -0.1) is 0 Å². The number of imidazole rings is 1. The number of rotatable bonds is 14. The molecule has 44 heavy (non-hydrogen) atoms. The lowest BCUT2D eigenvalue weighted by Gasteiger charge is -2.25. The summed E-state index contributed by atoms with van der Waals surface area (Å²) in [6.45, 7) is 4.25. The minimum Gasteiger partial charge on any atom is -0.497 e. The summed E-state index contributed by atoms with van der Waals surface area (Å²) in [7, 11) is 1.67. The van der Waals surface area contributed by atoms with Crippen molar-refractivity contribution in [3.05, 3.63) is 126 Å². The van der Waals surface area contributed by atoms with Crippen LogP contribution in [0, 0.1) is 6.92 Å². The number of halogens is 2. The van der Waals surface area contributed by atoms with Gasteiger partial charge in [0.05, 0.1) is 18.5 Å². The fourth-order valence-corrected chi connectivity index (χ4v) is 5.47. The van der Waals surface area contributed by atoms with Gasteiger partial charge in [0.1, 0.15) is 17.3 Å². The van der Waals surface area contributed by atoms with Crippen molar-refractivity contribution in [3.8, 4) is 34.1 Å². The molecule has 0 fully saturated rings. The quantitative estimate of drug-likeness (QED) is 0.128. The van der Waals surface area contributed by atoms with E-state index in [4.69, 9.17) is 9.72 Å². The summed E-state index contributed by atoms with van der Waals surface area (Å²) in [6, 6.07) is 33.9. The topological polar surface area (TPSA) is 39.5 Å². The Kier molecular flexibility index (Phi) is 10.4. The molecule has 0 aliphatic rings. The van der Waals surface area contributed by atoms with Crippen LogP contribution in [0.1, 0.15) is 42.1 Å². The average Bonchev–Trinajstić information content (AvgIpc) is 3.38. The first-order valence-corrected chi connectivity index (χ1v) is 15.0. The molecule has 0 amide bonds. The van der Waals surface area contributed by atoms with Gasteiger partial charge in [-0.25, -0.2) is 4.98 Å². The van der Waals surface area contributed by atoms with Crippen LogP contribution < -0.4 is 9.47 Å². The lowest BCUT2D eigenvalue weighted by Crippen LogP contribution is -2.24. The summed E-state index contributed by atoms with van der Waals surface area (Å²) in [6.07, 6.45) is 2.08. The number of hydrogen-bond donors (Lipinski definition) is 0. The van der Waals surface area contributed by atoms with Crippen molar-refractivity contribution >= 4 is 0 Å². The molecule has 0 radical (unpaired) electrons. The van der Waals surface area contributed by atoms with Crippen molar-refractivity contribution in [2.24, 2.45) is 0 Å². The van der Waals surface area contributed by atoms with Crippen molar-refractivity contribution in [1.29, 1.82) is 0 Å². The highest BCUT2D eigenvalue weighted by atomic mass is 19.3. The number of unbranched alkanes of at least 4 members (excludes halogenated alkanes) is 1. The van der Waals surface area contributed by atoms with Gasteiger partial charge in [-0.05, 0) is 60.9 Å². The zero-order valence-corrected chi connectivity index (χ0v) is 25.5. The van der Waals surface area contributed by atoms with Gasteiger partial charge < -0.3 is 14.0 Å². The number of methoxy groups -OCH3 is 1. The van der Waals surface area contributed by atoms with E-state index >= 15 is 0 Å². The zero-order chi connectivity index (χ0) is 30.9. The third-order valence-corrected chi connectivity index (χ3v) is 7.62. The fourth-order valence-electron chi connectivity index (χ4n) is 5.47. The van der Waals surface area contributed by atoms with Crippen LogP contribution in [0.3, 0.4) is 0 Å². The van der Waals surface area contributed by atoms with Gasteiger partial charge in [-0.2, -0.15) is 8.78 Å². The predicted molar refractivity (Wildman–Crippen MR) is 172 cm³/mol. The second-order valence-corrected chi connectivity index (χ2v) is 11.0. The highest BCUT2D eigenvalue weighted by Crippen LogP contribution is 2.33. The number of ether oxygens (including phenoxy) is 2. The Bertz CT molecular complexity index is 1620. The number of aryl methyl sites for hydroxylation is 1. The lowest BCUT2D eigenvalue weighted by atomic mass is 10.1. The smallest absolute Gasteiger partial charge is 0.387 e. The van der Waals surface area contributed by atoms with Crippen LogP contribution in [-0.2, 0) is 26.2 Å². The Labute approximate surface area is 258 Å². The normalized spacial score (nSPS) is 11.3. The number of hydrogen-bond acceptors (Lipinski definition) is 4. The average molecular weight is 596 g/mol. The molecule has 0 saturated heterocycles. The molecule has 0 spiro atoms. The Morgan fingerprint density at radius 2 is 1.48 bits per heavy atom. The maximum absolute atomic E-state index is 12.8.